The normalized spacial score (nSPS) is 24.1. The summed E-state index contributed by atoms with van der Waals surface area (Å²) in [6, 6.07) is 0.412. The Balaban J connectivity index is 2.46. The van der Waals surface area contributed by atoms with Gasteiger partial charge in [-0.1, -0.05) is 26.7 Å². The first kappa shape index (κ1) is 13.5. The molecular formula is C13H25NO2. The lowest BCUT2D eigenvalue weighted by molar-refractivity contribution is -0.142. The summed E-state index contributed by atoms with van der Waals surface area (Å²) in [5.74, 6) is 0.652. The highest BCUT2D eigenvalue weighted by molar-refractivity contribution is 5.69. The van der Waals surface area contributed by atoms with Gasteiger partial charge in [-0.2, -0.15) is 0 Å². The maximum Gasteiger partial charge on any atom is 0.307 e. The molecule has 1 aliphatic heterocycles. The predicted octanol–water partition coefficient (Wildman–Crippen LogP) is 2.45. The van der Waals surface area contributed by atoms with Gasteiger partial charge in [0.05, 0.1) is 13.5 Å². The fourth-order valence-corrected chi connectivity index (χ4v) is 2.34. The number of piperidine rings is 1. The van der Waals surface area contributed by atoms with Crippen molar-refractivity contribution in [3.63, 3.8) is 0 Å². The van der Waals surface area contributed by atoms with Gasteiger partial charge in [0.1, 0.15) is 0 Å². The van der Waals surface area contributed by atoms with Gasteiger partial charge in [0.25, 0.3) is 0 Å². The van der Waals surface area contributed by atoms with Crippen LogP contribution in [0.15, 0.2) is 0 Å². The Bertz CT molecular complexity index is 218. The molecule has 0 aliphatic carbocycles. The minimum absolute atomic E-state index is 0.0685. The Morgan fingerprint density at radius 2 is 2.25 bits per heavy atom. The minimum atomic E-state index is -0.0685. The molecule has 0 spiro atoms. The van der Waals surface area contributed by atoms with Crippen LogP contribution < -0.4 is 0 Å². The van der Waals surface area contributed by atoms with Gasteiger partial charge in [0.15, 0.2) is 0 Å². The number of likely N-dealkylation sites (tertiary alicyclic amines) is 1. The molecule has 1 saturated heterocycles. The van der Waals surface area contributed by atoms with Gasteiger partial charge in [-0.25, -0.2) is 0 Å². The number of ether oxygens (including phenoxy) is 1. The molecule has 0 aromatic carbocycles. The fourth-order valence-electron chi connectivity index (χ4n) is 2.34. The van der Waals surface area contributed by atoms with Crippen molar-refractivity contribution in [3.8, 4) is 0 Å². The Morgan fingerprint density at radius 3 is 2.88 bits per heavy atom. The van der Waals surface area contributed by atoms with Crippen LogP contribution in [-0.4, -0.2) is 37.1 Å². The number of carbonyl (C=O) groups is 1. The third-order valence-electron chi connectivity index (χ3n) is 3.62. The third-order valence-corrected chi connectivity index (χ3v) is 3.62. The molecule has 16 heavy (non-hydrogen) atoms. The van der Waals surface area contributed by atoms with Crippen molar-refractivity contribution >= 4 is 5.97 Å². The second-order valence-corrected chi connectivity index (χ2v) is 4.94. The molecule has 0 aromatic rings. The summed E-state index contributed by atoms with van der Waals surface area (Å²) in [4.78, 5) is 13.8. The molecule has 3 nitrogen and oxygen atoms in total. The topological polar surface area (TPSA) is 29.5 Å². The molecule has 2 unspecified atom stereocenters. The van der Waals surface area contributed by atoms with Gasteiger partial charge in [0, 0.05) is 12.6 Å². The van der Waals surface area contributed by atoms with Crippen molar-refractivity contribution in [3.05, 3.63) is 0 Å². The molecule has 1 heterocycles. The molecule has 0 bridgehead atoms. The van der Waals surface area contributed by atoms with Crippen LogP contribution >= 0.6 is 0 Å². The Morgan fingerprint density at radius 1 is 1.50 bits per heavy atom. The SMILES string of the molecule is CCC(C)CN1CCCCC1CC(=O)OC. The number of carbonyl (C=O) groups excluding carboxylic acids is 1. The standard InChI is InChI=1S/C13H25NO2/c1-4-11(2)10-14-8-6-5-7-12(14)9-13(15)16-3/h11-12H,4-10H2,1-3H3. The summed E-state index contributed by atoms with van der Waals surface area (Å²) in [6.07, 6.45) is 5.44. The zero-order chi connectivity index (χ0) is 12.0. The zero-order valence-corrected chi connectivity index (χ0v) is 10.9. The third kappa shape index (κ3) is 4.12. The first-order valence-electron chi connectivity index (χ1n) is 6.48. The van der Waals surface area contributed by atoms with E-state index in [1.165, 1.54) is 26.4 Å². The molecule has 1 aliphatic rings. The van der Waals surface area contributed by atoms with Crippen LogP contribution in [0, 0.1) is 5.92 Å². The molecule has 3 heteroatoms. The molecule has 0 saturated carbocycles. The van der Waals surface area contributed by atoms with E-state index in [-0.39, 0.29) is 5.97 Å². The first-order chi connectivity index (χ1) is 7.67. The van der Waals surface area contributed by atoms with Crippen LogP contribution in [0.4, 0.5) is 0 Å². The van der Waals surface area contributed by atoms with E-state index in [2.05, 4.69) is 18.7 Å². The van der Waals surface area contributed by atoms with E-state index in [1.54, 1.807) is 0 Å². The second kappa shape index (κ2) is 6.89. The van der Waals surface area contributed by atoms with Crippen molar-refractivity contribution < 1.29 is 9.53 Å². The lowest BCUT2D eigenvalue weighted by atomic mass is 9.97. The smallest absolute Gasteiger partial charge is 0.307 e. The van der Waals surface area contributed by atoms with Crippen molar-refractivity contribution in [1.29, 1.82) is 0 Å². The highest BCUT2D eigenvalue weighted by Crippen LogP contribution is 2.21. The van der Waals surface area contributed by atoms with Crippen molar-refractivity contribution in [2.45, 2.75) is 52.0 Å². The Kier molecular flexibility index (Phi) is 5.81. The number of rotatable bonds is 5. The number of methoxy groups -OCH3 is 1. The first-order valence-corrected chi connectivity index (χ1v) is 6.48. The van der Waals surface area contributed by atoms with Crippen LogP contribution in [0.5, 0.6) is 0 Å². The van der Waals surface area contributed by atoms with E-state index in [1.807, 2.05) is 0 Å². The average Bonchev–Trinajstić information content (AvgIpc) is 2.31. The van der Waals surface area contributed by atoms with Crippen molar-refractivity contribution in [2.75, 3.05) is 20.2 Å². The van der Waals surface area contributed by atoms with Gasteiger partial charge in [-0.15, -0.1) is 0 Å². The minimum Gasteiger partial charge on any atom is -0.469 e. The molecule has 1 rings (SSSR count). The molecular weight excluding hydrogens is 202 g/mol. The van der Waals surface area contributed by atoms with E-state index in [0.29, 0.717) is 12.5 Å². The van der Waals surface area contributed by atoms with E-state index in [0.717, 1.165) is 25.4 Å². The van der Waals surface area contributed by atoms with Crippen LogP contribution in [-0.2, 0) is 9.53 Å². The molecule has 0 radical (unpaired) electrons. The molecule has 2 atom stereocenters. The van der Waals surface area contributed by atoms with Crippen molar-refractivity contribution in [1.82, 2.24) is 4.90 Å². The summed E-state index contributed by atoms with van der Waals surface area (Å²) < 4.78 is 4.77. The summed E-state index contributed by atoms with van der Waals surface area (Å²) in [7, 11) is 1.48. The summed E-state index contributed by atoms with van der Waals surface area (Å²) in [6.45, 7) is 6.78. The lowest BCUT2D eigenvalue weighted by Gasteiger charge is -2.36. The highest BCUT2D eigenvalue weighted by atomic mass is 16.5. The van der Waals surface area contributed by atoms with E-state index in [9.17, 15) is 4.79 Å². The molecule has 94 valence electrons. The van der Waals surface area contributed by atoms with Crippen LogP contribution in [0.3, 0.4) is 0 Å². The van der Waals surface area contributed by atoms with Gasteiger partial charge in [-0.05, 0) is 25.3 Å². The molecule has 0 N–H and O–H groups in total. The number of hydrogen-bond acceptors (Lipinski definition) is 3. The Labute approximate surface area is 99.1 Å². The van der Waals surface area contributed by atoms with E-state index in [4.69, 9.17) is 4.74 Å². The fraction of sp³-hybridized carbons (Fsp3) is 0.923. The quantitative estimate of drug-likeness (QED) is 0.676. The zero-order valence-electron chi connectivity index (χ0n) is 10.9. The number of hydrogen-bond donors (Lipinski definition) is 0. The molecule has 0 amide bonds. The molecule has 1 fully saturated rings. The number of esters is 1. The monoisotopic (exact) mass is 227 g/mol. The predicted molar refractivity (Wildman–Crippen MR) is 65.3 cm³/mol. The maximum absolute atomic E-state index is 11.3. The van der Waals surface area contributed by atoms with Crippen molar-refractivity contribution in [2.24, 2.45) is 5.92 Å². The second-order valence-electron chi connectivity index (χ2n) is 4.94. The average molecular weight is 227 g/mol. The van der Waals surface area contributed by atoms with Crippen LogP contribution in [0.25, 0.3) is 0 Å². The summed E-state index contributed by atoms with van der Waals surface area (Å²) >= 11 is 0. The summed E-state index contributed by atoms with van der Waals surface area (Å²) in [5.41, 5.74) is 0. The van der Waals surface area contributed by atoms with Gasteiger partial charge in [0.2, 0.25) is 0 Å². The Hall–Kier alpha value is -0.570. The maximum atomic E-state index is 11.3. The lowest BCUT2D eigenvalue weighted by Crippen LogP contribution is -2.43. The van der Waals surface area contributed by atoms with Gasteiger partial charge >= 0.3 is 5.97 Å². The van der Waals surface area contributed by atoms with Crippen LogP contribution in [0.1, 0.15) is 46.0 Å². The highest BCUT2D eigenvalue weighted by Gasteiger charge is 2.25. The number of nitrogens with zero attached hydrogens (tertiary/aromatic N) is 1. The van der Waals surface area contributed by atoms with E-state index >= 15 is 0 Å². The van der Waals surface area contributed by atoms with Gasteiger partial charge < -0.3 is 4.74 Å². The van der Waals surface area contributed by atoms with E-state index < -0.39 is 0 Å². The van der Waals surface area contributed by atoms with Crippen LogP contribution in [0.2, 0.25) is 0 Å². The largest absolute Gasteiger partial charge is 0.469 e. The van der Waals surface area contributed by atoms with Gasteiger partial charge in [-0.3, -0.25) is 9.69 Å². The molecule has 0 aromatic heterocycles. The summed E-state index contributed by atoms with van der Waals surface area (Å²) in [5, 5.41) is 0.